The van der Waals surface area contributed by atoms with Crippen molar-refractivity contribution in [3.8, 4) is 11.5 Å². The molecule has 1 atom stereocenters. The fourth-order valence-electron chi connectivity index (χ4n) is 4.12. The molecule has 2 aliphatic heterocycles. The van der Waals surface area contributed by atoms with Crippen LogP contribution in [0.5, 0.6) is 11.5 Å². The second kappa shape index (κ2) is 12.3. The molecule has 8 nitrogen and oxygen atoms in total. The number of phenolic OH excluding ortho intramolecular Hbond substituents is 2. The van der Waals surface area contributed by atoms with E-state index in [4.69, 9.17) is 9.57 Å². The van der Waals surface area contributed by atoms with E-state index in [0.717, 1.165) is 56.8 Å². The van der Waals surface area contributed by atoms with Crippen molar-refractivity contribution in [1.29, 1.82) is 0 Å². The maximum absolute atomic E-state index is 12.8. The molecule has 1 fully saturated rings. The van der Waals surface area contributed by atoms with Crippen LogP contribution in [0.4, 0.5) is 0 Å². The Bertz CT molecular complexity index is 976. The molecule has 1 aromatic carbocycles. The lowest BCUT2D eigenvalue weighted by molar-refractivity contribution is -0.137. The van der Waals surface area contributed by atoms with Gasteiger partial charge in [-0.2, -0.15) is 0 Å². The molecule has 1 saturated heterocycles. The number of oxime groups is 1. The Labute approximate surface area is 200 Å². The molecule has 2 N–H and O–H groups in total. The molecule has 8 heteroatoms. The van der Waals surface area contributed by atoms with Crippen LogP contribution < -0.4 is 0 Å². The lowest BCUT2D eigenvalue weighted by Crippen LogP contribution is -2.37. The van der Waals surface area contributed by atoms with E-state index in [2.05, 4.69) is 5.16 Å². The van der Waals surface area contributed by atoms with Crippen LogP contribution in [-0.2, 0) is 20.8 Å². The van der Waals surface area contributed by atoms with Gasteiger partial charge in [0.1, 0.15) is 23.2 Å². The second-order valence-corrected chi connectivity index (χ2v) is 8.93. The third kappa shape index (κ3) is 7.37. The molecule has 0 spiro atoms. The summed E-state index contributed by atoms with van der Waals surface area (Å²) in [5.41, 5.74) is 1.86. The van der Waals surface area contributed by atoms with Crippen molar-refractivity contribution in [2.24, 2.45) is 5.16 Å². The molecule has 0 radical (unpaired) electrons. The monoisotopic (exact) mass is 470 g/mol. The number of hydrogen-bond donors (Lipinski definition) is 2. The molecular formula is C26H34N2O6. The Morgan fingerprint density at radius 2 is 1.97 bits per heavy atom. The van der Waals surface area contributed by atoms with Crippen molar-refractivity contribution in [1.82, 2.24) is 4.90 Å². The summed E-state index contributed by atoms with van der Waals surface area (Å²) in [4.78, 5) is 32.5. The predicted molar refractivity (Wildman–Crippen MR) is 129 cm³/mol. The topological polar surface area (TPSA) is 109 Å². The number of likely N-dealkylation sites (tertiary alicyclic amines) is 1. The van der Waals surface area contributed by atoms with Gasteiger partial charge in [-0.1, -0.05) is 22.9 Å². The summed E-state index contributed by atoms with van der Waals surface area (Å²) in [5, 5.41) is 24.7. The summed E-state index contributed by atoms with van der Waals surface area (Å²) in [5.74, 6) is -1.32. The molecule has 2 heterocycles. The van der Waals surface area contributed by atoms with E-state index in [9.17, 15) is 19.8 Å². The Morgan fingerprint density at radius 3 is 2.74 bits per heavy atom. The summed E-state index contributed by atoms with van der Waals surface area (Å²) >= 11 is 0. The molecule has 0 saturated carbocycles. The van der Waals surface area contributed by atoms with Crippen molar-refractivity contribution in [3.63, 3.8) is 0 Å². The van der Waals surface area contributed by atoms with Gasteiger partial charge in [0.2, 0.25) is 0 Å². The van der Waals surface area contributed by atoms with E-state index in [0.29, 0.717) is 17.7 Å². The standard InChI is InChI=1S/C26H34N2O6/c1-18-9-5-3-6-10-19(2)34-26(32)25-20(15-22(29)16-23(25)30)14-21(13-18)27-33-17-24(31)28-11-7-4-8-12-28/h3,6,13,15-16,19,29-30H,4-5,7-12,14,17H2,1-2H3/b6-3+,18-13+,27-21+/t19-/m1/s1. The SMILES string of the molecule is C/C1=C\C(=N/OCC(=O)N2CCCCC2)Cc2cc(O)cc(O)c2C(=O)O[C@H](C)C/C=C/CC1. The molecule has 184 valence electrons. The fourth-order valence-corrected chi connectivity index (χ4v) is 4.12. The second-order valence-electron chi connectivity index (χ2n) is 8.93. The van der Waals surface area contributed by atoms with E-state index < -0.39 is 5.97 Å². The summed E-state index contributed by atoms with van der Waals surface area (Å²) in [7, 11) is 0. The number of hydrogen-bond acceptors (Lipinski definition) is 7. The highest BCUT2D eigenvalue weighted by molar-refractivity contribution is 6.01. The van der Waals surface area contributed by atoms with Gasteiger partial charge in [-0.05, 0) is 63.7 Å². The summed E-state index contributed by atoms with van der Waals surface area (Å²) in [6, 6.07) is 2.52. The first-order valence-corrected chi connectivity index (χ1v) is 11.9. The van der Waals surface area contributed by atoms with Crippen molar-refractivity contribution in [2.75, 3.05) is 19.7 Å². The number of aromatic hydroxyl groups is 2. The predicted octanol–water partition coefficient (Wildman–Crippen LogP) is 4.26. The smallest absolute Gasteiger partial charge is 0.342 e. The zero-order valence-electron chi connectivity index (χ0n) is 20.0. The number of cyclic esters (lactones) is 1. The van der Waals surface area contributed by atoms with Crippen molar-refractivity contribution in [2.45, 2.75) is 64.9 Å². The van der Waals surface area contributed by atoms with Gasteiger partial charge in [-0.3, -0.25) is 4.79 Å². The number of esters is 1. The summed E-state index contributed by atoms with van der Waals surface area (Å²) in [6.07, 6.45) is 10.9. The van der Waals surface area contributed by atoms with Crippen LogP contribution in [0.15, 0.2) is 41.1 Å². The average Bonchev–Trinajstić information content (AvgIpc) is 2.78. The number of allylic oxidation sites excluding steroid dienone is 3. The van der Waals surface area contributed by atoms with Gasteiger partial charge in [-0.15, -0.1) is 0 Å². The lowest BCUT2D eigenvalue weighted by atomic mass is 9.98. The number of carbonyl (C=O) groups is 2. The van der Waals surface area contributed by atoms with E-state index in [1.165, 1.54) is 6.07 Å². The van der Waals surface area contributed by atoms with Gasteiger partial charge >= 0.3 is 5.97 Å². The number of amides is 1. The number of rotatable bonds is 3. The molecule has 34 heavy (non-hydrogen) atoms. The molecule has 1 aromatic rings. The highest BCUT2D eigenvalue weighted by atomic mass is 16.6. The third-order valence-corrected chi connectivity index (χ3v) is 5.90. The molecule has 0 aliphatic carbocycles. The highest BCUT2D eigenvalue weighted by Gasteiger charge is 2.23. The number of ether oxygens (including phenoxy) is 1. The lowest BCUT2D eigenvalue weighted by Gasteiger charge is -2.26. The maximum Gasteiger partial charge on any atom is 0.342 e. The minimum absolute atomic E-state index is 0.0196. The molecule has 2 aliphatic rings. The van der Waals surface area contributed by atoms with Crippen molar-refractivity contribution >= 4 is 17.6 Å². The van der Waals surface area contributed by atoms with Gasteiger partial charge < -0.3 is 24.7 Å². The van der Waals surface area contributed by atoms with Gasteiger partial charge in [0.15, 0.2) is 6.61 Å². The van der Waals surface area contributed by atoms with E-state index in [1.54, 1.807) is 11.8 Å². The van der Waals surface area contributed by atoms with E-state index in [1.807, 2.05) is 25.2 Å². The third-order valence-electron chi connectivity index (χ3n) is 5.90. The van der Waals surface area contributed by atoms with Crippen molar-refractivity contribution in [3.05, 3.63) is 47.1 Å². The normalized spacial score (nSPS) is 23.8. The average molecular weight is 471 g/mol. The van der Waals surface area contributed by atoms with Crippen LogP contribution in [-0.4, -0.2) is 58.5 Å². The number of nitrogens with zero attached hydrogens (tertiary/aromatic N) is 2. The Kier molecular flexibility index (Phi) is 9.13. The first-order valence-electron chi connectivity index (χ1n) is 11.9. The van der Waals surface area contributed by atoms with Crippen LogP contribution >= 0.6 is 0 Å². The molecular weight excluding hydrogens is 436 g/mol. The Balaban J connectivity index is 1.88. The Morgan fingerprint density at radius 1 is 1.21 bits per heavy atom. The van der Waals surface area contributed by atoms with E-state index in [-0.39, 0.29) is 42.1 Å². The van der Waals surface area contributed by atoms with Crippen LogP contribution in [0.25, 0.3) is 0 Å². The number of carbonyl (C=O) groups excluding carboxylic acids is 2. The molecule has 0 unspecified atom stereocenters. The maximum atomic E-state index is 12.8. The zero-order valence-corrected chi connectivity index (χ0v) is 20.0. The number of fused-ring (bicyclic) bond motifs is 1. The molecule has 0 aromatic heterocycles. The van der Waals surface area contributed by atoms with E-state index >= 15 is 0 Å². The van der Waals surface area contributed by atoms with Gasteiger partial charge in [0.25, 0.3) is 5.91 Å². The number of piperidine rings is 1. The van der Waals surface area contributed by atoms with Gasteiger partial charge in [0, 0.05) is 32.0 Å². The highest BCUT2D eigenvalue weighted by Crippen LogP contribution is 2.29. The summed E-state index contributed by atoms with van der Waals surface area (Å²) in [6.45, 7) is 5.06. The quantitative estimate of drug-likeness (QED) is 0.388. The minimum Gasteiger partial charge on any atom is -0.508 e. The summed E-state index contributed by atoms with van der Waals surface area (Å²) < 4.78 is 5.51. The van der Waals surface area contributed by atoms with Crippen LogP contribution in [0, 0.1) is 0 Å². The van der Waals surface area contributed by atoms with Crippen LogP contribution in [0.1, 0.15) is 68.3 Å². The molecule has 3 rings (SSSR count). The van der Waals surface area contributed by atoms with Crippen LogP contribution in [0.2, 0.25) is 0 Å². The van der Waals surface area contributed by atoms with Gasteiger partial charge in [-0.25, -0.2) is 4.79 Å². The first kappa shape index (κ1) is 25.3. The fraction of sp³-hybridized carbons (Fsp3) is 0.500. The molecule has 0 bridgehead atoms. The first-order chi connectivity index (χ1) is 16.3. The largest absolute Gasteiger partial charge is 0.508 e. The van der Waals surface area contributed by atoms with Crippen molar-refractivity contribution < 1.29 is 29.4 Å². The van der Waals surface area contributed by atoms with Crippen LogP contribution in [0.3, 0.4) is 0 Å². The Hall–Kier alpha value is -3.29. The van der Waals surface area contributed by atoms with Gasteiger partial charge in [0.05, 0.1) is 5.71 Å². The zero-order chi connectivity index (χ0) is 24.5. The number of phenols is 2. The molecule has 1 amide bonds. The minimum atomic E-state index is -0.674. The number of benzene rings is 1.